The summed E-state index contributed by atoms with van der Waals surface area (Å²) in [6.07, 6.45) is 45.8. The predicted octanol–water partition coefficient (Wildman–Crippen LogP) is 14.4. The van der Waals surface area contributed by atoms with E-state index in [1.54, 1.807) is 0 Å². The summed E-state index contributed by atoms with van der Waals surface area (Å²) in [5.41, 5.74) is 0. The lowest BCUT2D eigenvalue weighted by atomic mass is 10.0. The monoisotopic (exact) mass is 747 g/mol. The Bertz CT molecular complexity index is 865. The molecule has 6 nitrogen and oxygen atoms in total. The van der Waals surface area contributed by atoms with Gasteiger partial charge in [0.15, 0.2) is 6.10 Å². The molecule has 0 aliphatic rings. The fourth-order valence-corrected chi connectivity index (χ4v) is 6.48. The molecule has 0 aliphatic carbocycles. The number of hydrogen-bond acceptors (Lipinski definition) is 6. The minimum Gasteiger partial charge on any atom is -0.462 e. The second-order valence-corrected chi connectivity index (χ2v) is 15.4. The van der Waals surface area contributed by atoms with Crippen molar-refractivity contribution in [2.75, 3.05) is 13.2 Å². The molecule has 53 heavy (non-hydrogen) atoms. The topological polar surface area (TPSA) is 78.9 Å². The highest BCUT2D eigenvalue weighted by molar-refractivity contribution is 5.71. The molecular formula is C47H86O6. The summed E-state index contributed by atoms with van der Waals surface area (Å²) >= 11 is 0. The number of hydrogen-bond donors (Lipinski definition) is 0. The lowest BCUT2D eigenvalue weighted by Gasteiger charge is -2.18. The van der Waals surface area contributed by atoms with E-state index < -0.39 is 6.10 Å². The summed E-state index contributed by atoms with van der Waals surface area (Å²) in [4.78, 5) is 37.7. The Hall–Kier alpha value is -2.11. The number of ether oxygens (including phenoxy) is 3. The van der Waals surface area contributed by atoms with Crippen LogP contribution in [0.1, 0.15) is 239 Å². The Balaban J connectivity index is 4.38. The van der Waals surface area contributed by atoms with Crippen molar-refractivity contribution in [2.45, 2.75) is 245 Å². The summed E-state index contributed by atoms with van der Waals surface area (Å²) in [6.45, 7) is 6.56. The van der Waals surface area contributed by atoms with Gasteiger partial charge >= 0.3 is 17.9 Å². The zero-order valence-corrected chi connectivity index (χ0v) is 35.3. The maximum absolute atomic E-state index is 12.7. The molecule has 0 rings (SSSR count). The molecule has 6 heteroatoms. The normalized spacial score (nSPS) is 12.1. The van der Waals surface area contributed by atoms with Gasteiger partial charge in [-0.2, -0.15) is 0 Å². The third-order valence-electron chi connectivity index (χ3n) is 9.99. The second-order valence-electron chi connectivity index (χ2n) is 15.4. The van der Waals surface area contributed by atoms with Crippen molar-refractivity contribution in [2.24, 2.45) is 0 Å². The van der Waals surface area contributed by atoms with E-state index in [1.807, 2.05) is 0 Å². The van der Waals surface area contributed by atoms with Crippen LogP contribution in [0.25, 0.3) is 0 Å². The van der Waals surface area contributed by atoms with Crippen molar-refractivity contribution >= 4 is 17.9 Å². The van der Waals surface area contributed by atoms with Gasteiger partial charge in [-0.3, -0.25) is 14.4 Å². The number of carbonyl (C=O) groups excluding carboxylic acids is 3. The summed E-state index contributed by atoms with van der Waals surface area (Å²) < 4.78 is 16.7. The van der Waals surface area contributed by atoms with Crippen molar-refractivity contribution in [3.05, 3.63) is 24.3 Å². The van der Waals surface area contributed by atoms with Gasteiger partial charge in [0.25, 0.3) is 0 Å². The quantitative estimate of drug-likeness (QED) is 0.0268. The van der Waals surface area contributed by atoms with Crippen LogP contribution in [0, 0.1) is 0 Å². The van der Waals surface area contributed by atoms with E-state index in [-0.39, 0.29) is 31.1 Å². The van der Waals surface area contributed by atoms with E-state index in [9.17, 15) is 14.4 Å². The molecule has 0 fully saturated rings. The maximum atomic E-state index is 12.7. The maximum Gasteiger partial charge on any atom is 0.306 e. The van der Waals surface area contributed by atoms with Crippen LogP contribution >= 0.6 is 0 Å². The lowest BCUT2D eigenvalue weighted by molar-refractivity contribution is -0.167. The molecule has 0 saturated carbocycles. The average Bonchev–Trinajstić information content (AvgIpc) is 3.15. The molecule has 0 aromatic rings. The molecule has 0 heterocycles. The first kappa shape index (κ1) is 50.9. The van der Waals surface area contributed by atoms with Crippen LogP contribution in [0.2, 0.25) is 0 Å². The van der Waals surface area contributed by atoms with Gasteiger partial charge in [0.2, 0.25) is 0 Å². The largest absolute Gasteiger partial charge is 0.462 e. The summed E-state index contributed by atoms with van der Waals surface area (Å²) in [6, 6.07) is 0. The first-order valence-electron chi connectivity index (χ1n) is 22.9. The molecule has 310 valence electrons. The standard InChI is InChI=1S/C47H86O6/c1-4-7-10-13-16-19-22-25-28-31-34-37-40-46(49)52-43-44(42-51-45(48)39-36-33-30-27-24-21-18-15-12-9-6-3)53-47(50)41-38-35-32-29-26-23-20-17-14-11-8-5-2/h15,18,21,24,44H,4-14,16-17,19-20,22-23,25-43H2,1-3H3/b18-15-,24-21-. The molecule has 0 saturated heterocycles. The van der Waals surface area contributed by atoms with Crippen molar-refractivity contribution in [1.82, 2.24) is 0 Å². The molecule has 0 radical (unpaired) electrons. The first-order chi connectivity index (χ1) is 26.0. The minimum absolute atomic E-state index is 0.0756. The SMILES string of the molecule is CCCC/C=C\C=C/CCCCCC(=O)OCC(COC(=O)CCCCCCCCCCCCCC)OC(=O)CCCCCCCCCCCCCC. The van der Waals surface area contributed by atoms with E-state index >= 15 is 0 Å². The van der Waals surface area contributed by atoms with Gasteiger partial charge in [-0.25, -0.2) is 0 Å². The van der Waals surface area contributed by atoms with Crippen LogP contribution in [0.3, 0.4) is 0 Å². The van der Waals surface area contributed by atoms with Gasteiger partial charge in [-0.15, -0.1) is 0 Å². The summed E-state index contributed by atoms with van der Waals surface area (Å²) in [5.74, 6) is -0.899. The molecule has 0 spiro atoms. The van der Waals surface area contributed by atoms with Gasteiger partial charge in [-0.05, 0) is 38.5 Å². The van der Waals surface area contributed by atoms with Crippen LogP contribution in [0.5, 0.6) is 0 Å². The Morgan fingerprint density at radius 2 is 0.679 bits per heavy atom. The number of rotatable bonds is 41. The Labute approximate surface area is 328 Å². The Morgan fingerprint density at radius 3 is 1.06 bits per heavy atom. The van der Waals surface area contributed by atoms with Crippen LogP contribution < -0.4 is 0 Å². The smallest absolute Gasteiger partial charge is 0.306 e. The zero-order chi connectivity index (χ0) is 38.7. The highest BCUT2D eigenvalue weighted by Crippen LogP contribution is 2.15. The van der Waals surface area contributed by atoms with E-state index in [0.717, 1.165) is 70.6 Å². The first-order valence-corrected chi connectivity index (χ1v) is 22.9. The fourth-order valence-electron chi connectivity index (χ4n) is 6.48. The Morgan fingerprint density at radius 1 is 0.377 bits per heavy atom. The van der Waals surface area contributed by atoms with Gasteiger partial charge < -0.3 is 14.2 Å². The highest BCUT2D eigenvalue weighted by Gasteiger charge is 2.19. The number of allylic oxidation sites excluding steroid dienone is 4. The van der Waals surface area contributed by atoms with Crippen LogP contribution in [0.4, 0.5) is 0 Å². The van der Waals surface area contributed by atoms with Crippen LogP contribution in [-0.4, -0.2) is 37.2 Å². The van der Waals surface area contributed by atoms with Crippen molar-refractivity contribution in [1.29, 1.82) is 0 Å². The summed E-state index contributed by atoms with van der Waals surface area (Å²) in [5, 5.41) is 0. The van der Waals surface area contributed by atoms with Gasteiger partial charge in [0, 0.05) is 19.3 Å². The van der Waals surface area contributed by atoms with Crippen molar-refractivity contribution in [3.8, 4) is 0 Å². The third kappa shape index (κ3) is 40.9. The molecule has 0 aliphatic heterocycles. The van der Waals surface area contributed by atoms with E-state index in [0.29, 0.717) is 19.3 Å². The third-order valence-corrected chi connectivity index (χ3v) is 9.99. The summed E-state index contributed by atoms with van der Waals surface area (Å²) in [7, 11) is 0. The number of unbranched alkanes of at least 4 members (excludes halogenated alkanes) is 27. The lowest BCUT2D eigenvalue weighted by Crippen LogP contribution is -2.30. The minimum atomic E-state index is -0.773. The second kappa shape index (κ2) is 42.6. The zero-order valence-electron chi connectivity index (χ0n) is 35.3. The van der Waals surface area contributed by atoms with Gasteiger partial charge in [0.1, 0.15) is 13.2 Å². The van der Waals surface area contributed by atoms with Crippen molar-refractivity contribution < 1.29 is 28.6 Å². The highest BCUT2D eigenvalue weighted by atomic mass is 16.6. The molecule has 0 amide bonds. The van der Waals surface area contributed by atoms with Gasteiger partial charge in [0.05, 0.1) is 0 Å². The average molecular weight is 747 g/mol. The molecule has 0 aromatic carbocycles. The van der Waals surface area contributed by atoms with Crippen LogP contribution in [-0.2, 0) is 28.6 Å². The fraction of sp³-hybridized carbons (Fsp3) is 0.851. The molecular weight excluding hydrogens is 661 g/mol. The van der Waals surface area contributed by atoms with E-state index in [4.69, 9.17) is 14.2 Å². The molecule has 0 aromatic heterocycles. The molecule has 0 bridgehead atoms. The number of carbonyl (C=O) groups is 3. The van der Waals surface area contributed by atoms with Gasteiger partial charge in [-0.1, -0.05) is 206 Å². The molecule has 1 unspecified atom stereocenters. The van der Waals surface area contributed by atoms with E-state index in [2.05, 4.69) is 45.1 Å². The van der Waals surface area contributed by atoms with Crippen molar-refractivity contribution in [3.63, 3.8) is 0 Å². The molecule has 0 N–H and O–H groups in total. The van der Waals surface area contributed by atoms with E-state index in [1.165, 1.54) is 128 Å². The van der Waals surface area contributed by atoms with Crippen LogP contribution in [0.15, 0.2) is 24.3 Å². The number of esters is 3. The predicted molar refractivity (Wildman–Crippen MR) is 224 cm³/mol. The Kier molecular flexibility index (Phi) is 40.9. The molecule has 1 atom stereocenters.